The van der Waals surface area contributed by atoms with E-state index >= 15 is 0 Å². The van der Waals surface area contributed by atoms with Gasteiger partial charge < -0.3 is 14.6 Å². The smallest absolute Gasteiger partial charge is 0.256 e. The second-order valence-electron chi connectivity index (χ2n) is 7.20. The summed E-state index contributed by atoms with van der Waals surface area (Å²) in [6.07, 6.45) is 13.6. The van der Waals surface area contributed by atoms with Crippen molar-refractivity contribution in [3.05, 3.63) is 72.2 Å². The summed E-state index contributed by atoms with van der Waals surface area (Å²) >= 11 is 0. The largest absolute Gasteiger partial charge is 0.497 e. The molecule has 6 heteroatoms. The Morgan fingerprint density at radius 1 is 1.17 bits per heavy atom. The van der Waals surface area contributed by atoms with Crippen molar-refractivity contribution in [3.8, 4) is 17.3 Å². The fourth-order valence-electron chi connectivity index (χ4n) is 3.70. The summed E-state index contributed by atoms with van der Waals surface area (Å²) in [6.45, 7) is 0.642. The number of ether oxygens (including phenoxy) is 1. The molecule has 1 aromatic carbocycles. The molecule has 0 radical (unpaired) electrons. The Bertz CT molecular complexity index is 985. The third kappa shape index (κ3) is 4.26. The molecule has 2 heterocycles. The second kappa shape index (κ2) is 8.82. The van der Waals surface area contributed by atoms with Crippen molar-refractivity contribution in [1.82, 2.24) is 19.7 Å². The minimum Gasteiger partial charge on any atom is -0.497 e. The van der Waals surface area contributed by atoms with E-state index in [0.29, 0.717) is 12.1 Å². The van der Waals surface area contributed by atoms with Gasteiger partial charge in [-0.05, 0) is 68.5 Å². The van der Waals surface area contributed by atoms with Gasteiger partial charge in [0.15, 0.2) is 5.82 Å². The lowest BCUT2D eigenvalue weighted by atomic mass is 9.97. The number of benzene rings is 1. The zero-order valence-corrected chi connectivity index (χ0v) is 16.7. The van der Waals surface area contributed by atoms with Gasteiger partial charge in [-0.3, -0.25) is 4.79 Å². The molecular formula is C23H26N4O2. The van der Waals surface area contributed by atoms with E-state index in [4.69, 9.17) is 4.74 Å². The van der Waals surface area contributed by atoms with Crippen molar-refractivity contribution in [3.63, 3.8) is 0 Å². The van der Waals surface area contributed by atoms with Crippen LogP contribution in [0, 0.1) is 0 Å². The van der Waals surface area contributed by atoms with Crippen molar-refractivity contribution in [2.45, 2.75) is 32.1 Å². The molecule has 0 fully saturated rings. The van der Waals surface area contributed by atoms with E-state index in [1.165, 1.54) is 18.4 Å². The Labute approximate surface area is 170 Å². The zero-order chi connectivity index (χ0) is 20.1. The van der Waals surface area contributed by atoms with Gasteiger partial charge in [-0.15, -0.1) is 0 Å². The van der Waals surface area contributed by atoms with Crippen LogP contribution in [0.15, 0.2) is 66.6 Å². The Morgan fingerprint density at radius 2 is 1.97 bits per heavy atom. The Hall–Kier alpha value is -3.28. The first-order chi connectivity index (χ1) is 14.3. The standard InChI is InChI=1S/C23H26N4O2/c1-29-20-11-9-19(10-12-20)27-23(26-15-5-6-16-26)21(17-25-27)22(28)24-14-13-18-7-3-2-4-8-18/h5-7,9-12,15-17H,2-4,8,13-14H2,1H3,(H,24,28). The molecule has 1 amide bonds. The minimum absolute atomic E-state index is 0.107. The number of hydrogen-bond acceptors (Lipinski definition) is 3. The maximum atomic E-state index is 12.9. The van der Waals surface area contributed by atoms with Crippen LogP contribution in [-0.4, -0.2) is 33.9 Å². The predicted molar refractivity (Wildman–Crippen MR) is 113 cm³/mol. The molecule has 3 aromatic rings. The monoisotopic (exact) mass is 390 g/mol. The number of methoxy groups -OCH3 is 1. The third-order valence-corrected chi connectivity index (χ3v) is 5.27. The molecule has 0 unspecified atom stereocenters. The Kier molecular flexibility index (Phi) is 5.79. The zero-order valence-electron chi connectivity index (χ0n) is 16.7. The average Bonchev–Trinajstić information content (AvgIpc) is 3.44. The SMILES string of the molecule is COc1ccc(-n2ncc(C(=O)NCCC3=CCCCC3)c2-n2cccc2)cc1. The topological polar surface area (TPSA) is 61.1 Å². The average molecular weight is 390 g/mol. The molecule has 0 spiro atoms. The van der Waals surface area contributed by atoms with Crippen LogP contribution in [0.5, 0.6) is 5.75 Å². The maximum Gasteiger partial charge on any atom is 0.256 e. The van der Waals surface area contributed by atoms with Crippen LogP contribution in [0.25, 0.3) is 11.5 Å². The van der Waals surface area contributed by atoms with Crippen LogP contribution >= 0.6 is 0 Å². The van der Waals surface area contributed by atoms with Gasteiger partial charge in [0.25, 0.3) is 5.91 Å². The fourth-order valence-corrected chi connectivity index (χ4v) is 3.70. The summed E-state index contributed by atoms with van der Waals surface area (Å²) in [5.41, 5.74) is 2.87. The number of carbonyl (C=O) groups excluding carboxylic acids is 1. The number of allylic oxidation sites excluding steroid dienone is 1. The number of aromatic nitrogens is 3. The number of amides is 1. The molecule has 0 aliphatic heterocycles. The van der Waals surface area contributed by atoms with Crippen LogP contribution in [0.3, 0.4) is 0 Å². The number of carbonyl (C=O) groups is 1. The molecule has 0 saturated carbocycles. The summed E-state index contributed by atoms with van der Waals surface area (Å²) in [5, 5.41) is 7.56. The van der Waals surface area contributed by atoms with Crippen LogP contribution in [0.1, 0.15) is 42.5 Å². The van der Waals surface area contributed by atoms with Gasteiger partial charge in [0.1, 0.15) is 11.3 Å². The summed E-state index contributed by atoms with van der Waals surface area (Å²) in [6, 6.07) is 11.5. The molecule has 4 rings (SSSR count). The number of nitrogens with one attached hydrogen (secondary N) is 1. The molecule has 0 bridgehead atoms. The number of rotatable bonds is 7. The molecule has 1 aliphatic rings. The lowest BCUT2D eigenvalue weighted by Gasteiger charge is -2.14. The van der Waals surface area contributed by atoms with Crippen molar-refractivity contribution < 1.29 is 9.53 Å². The summed E-state index contributed by atoms with van der Waals surface area (Å²) in [5.74, 6) is 1.39. The number of hydrogen-bond donors (Lipinski definition) is 1. The van der Waals surface area contributed by atoms with Crippen molar-refractivity contribution in [2.75, 3.05) is 13.7 Å². The van der Waals surface area contributed by atoms with E-state index in [1.807, 2.05) is 53.4 Å². The van der Waals surface area contributed by atoms with Gasteiger partial charge in [-0.1, -0.05) is 11.6 Å². The highest BCUT2D eigenvalue weighted by Crippen LogP contribution is 2.22. The highest BCUT2D eigenvalue weighted by molar-refractivity contribution is 5.97. The third-order valence-electron chi connectivity index (χ3n) is 5.27. The van der Waals surface area contributed by atoms with Crippen molar-refractivity contribution in [2.24, 2.45) is 0 Å². The highest BCUT2D eigenvalue weighted by atomic mass is 16.5. The first kappa shape index (κ1) is 19.1. The first-order valence-electron chi connectivity index (χ1n) is 10.1. The molecule has 1 N–H and O–H groups in total. The van der Waals surface area contributed by atoms with Crippen LogP contribution < -0.4 is 10.1 Å². The molecule has 0 saturated heterocycles. The fraction of sp³-hybridized carbons (Fsp3) is 0.304. The van der Waals surface area contributed by atoms with Crippen LogP contribution in [-0.2, 0) is 0 Å². The van der Waals surface area contributed by atoms with Crippen LogP contribution in [0.2, 0.25) is 0 Å². The predicted octanol–water partition coefficient (Wildman–Crippen LogP) is 4.29. The molecule has 6 nitrogen and oxygen atoms in total. The van der Waals surface area contributed by atoms with Gasteiger partial charge in [0.05, 0.1) is 19.0 Å². The first-order valence-corrected chi connectivity index (χ1v) is 10.1. The Balaban J connectivity index is 1.57. The van der Waals surface area contributed by atoms with E-state index in [1.54, 1.807) is 18.0 Å². The minimum atomic E-state index is -0.107. The van der Waals surface area contributed by atoms with E-state index in [-0.39, 0.29) is 5.91 Å². The van der Waals surface area contributed by atoms with Gasteiger partial charge >= 0.3 is 0 Å². The maximum absolute atomic E-state index is 12.9. The van der Waals surface area contributed by atoms with E-state index < -0.39 is 0 Å². The lowest BCUT2D eigenvalue weighted by molar-refractivity contribution is 0.0954. The van der Waals surface area contributed by atoms with Gasteiger partial charge in [-0.25, -0.2) is 4.68 Å². The second-order valence-corrected chi connectivity index (χ2v) is 7.20. The van der Waals surface area contributed by atoms with Gasteiger partial charge in [-0.2, -0.15) is 5.10 Å². The molecule has 1 aliphatic carbocycles. The summed E-state index contributed by atoms with van der Waals surface area (Å²) < 4.78 is 8.93. The van der Waals surface area contributed by atoms with Gasteiger partial charge in [0, 0.05) is 18.9 Å². The highest BCUT2D eigenvalue weighted by Gasteiger charge is 2.20. The number of nitrogens with zero attached hydrogens (tertiary/aromatic N) is 3. The normalized spacial score (nSPS) is 13.8. The summed E-state index contributed by atoms with van der Waals surface area (Å²) in [7, 11) is 1.64. The lowest BCUT2D eigenvalue weighted by Crippen LogP contribution is -2.26. The van der Waals surface area contributed by atoms with Crippen molar-refractivity contribution >= 4 is 5.91 Å². The van der Waals surface area contributed by atoms with Crippen molar-refractivity contribution in [1.29, 1.82) is 0 Å². The molecule has 0 atom stereocenters. The Morgan fingerprint density at radius 3 is 2.66 bits per heavy atom. The van der Waals surface area contributed by atoms with E-state index in [0.717, 1.165) is 36.5 Å². The quantitative estimate of drug-likeness (QED) is 0.612. The molecule has 29 heavy (non-hydrogen) atoms. The summed E-state index contributed by atoms with van der Waals surface area (Å²) in [4.78, 5) is 12.9. The molecule has 2 aromatic heterocycles. The van der Waals surface area contributed by atoms with Gasteiger partial charge in [0.2, 0.25) is 0 Å². The van der Waals surface area contributed by atoms with E-state index in [9.17, 15) is 4.79 Å². The van der Waals surface area contributed by atoms with E-state index in [2.05, 4.69) is 16.5 Å². The molecular weight excluding hydrogens is 364 g/mol. The van der Waals surface area contributed by atoms with Crippen LogP contribution in [0.4, 0.5) is 0 Å². The molecule has 150 valence electrons.